The van der Waals surface area contributed by atoms with Crippen LogP contribution in [0.3, 0.4) is 0 Å². The Balaban J connectivity index is 1.56. The molecule has 0 bridgehead atoms. The first kappa shape index (κ1) is 20.1. The van der Waals surface area contributed by atoms with Crippen LogP contribution in [-0.2, 0) is 13.0 Å². The van der Waals surface area contributed by atoms with Gasteiger partial charge in [-0.15, -0.1) is 0 Å². The molecule has 1 amide bonds. The Kier molecular flexibility index (Phi) is 5.62. The summed E-state index contributed by atoms with van der Waals surface area (Å²) in [5.74, 6) is -1.16. The summed E-state index contributed by atoms with van der Waals surface area (Å²) in [6.07, 6.45) is 1.98. The van der Waals surface area contributed by atoms with Crippen LogP contribution in [0.2, 0.25) is 0 Å². The van der Waals surface area contributed by atoms with E-state index in [0.29, 0.717) is 35.0 Å². The molecule has 6 nitrogen and oxygen atoms in total. The zero-order valence-electron chi connectivity index (χ0n) is 16.6. The van der Waals surface area contributed by atoms with Crippen molar-refractivity contribution < 1.29 is 19.8 Å². The lowest BCUT2D eigenvalue weighted by Gasteiger charge is -2.10. The standard InChI is InChI=1S/C25H20N2O4/c28-23-20(12-16-6-8-18(9-7-16)25(30)31)15-26-22-11-10-19(13-21(22)23)24(29)27-14-17-4-2-1-3-5-17/h1-11,13,15H,12,14H2,(H,26,28)(H,27,29)(H,30,31). The van der Waals surface area contributed by atoms with Crippen LogP contribution in [0.5, 0.6) is 5.75 Å². The van der Waals surface area contributed by atoms with Gasteiger partial charge in [-0.3, -0.25) is 9.78 Å². The van der Waals surface area contributed by atoms with Gasteiger partial charge in [0, 0.05) is 35.7 Å². The van der Waals surface area contributed by atoms with Gasteiger partial charge >= 0.3 is 5.97 Å². The lowest BCUT2D eigenvalue weighted by atomic mass is 10.0. The van der Waals surface area contributed by atoms with Crippen LogP contribution in [0.15, 0.2) is 79.0 Å². The minimum absolute atomic E-state index is 0.0602. The molecule has 0 radical (unpaired) electrons. The number of rotatable bonds is 6. The molecule has 4 aromatic rings. The van der Waals surface area contributed by atoms with Crippen molar-refractivity contribution >= 4 is 22.8 Å². The van der Waals surface area contributed by atoms with Crippen LogP contribution >= 0.6 is 0 Å². The Morgan fingerprint density at radius 2 is 1.58 bits per heavy atom. The maximum Gasteiger partial charge on any atom is 0.335 e. The molecule has 0 saturated heterocycles. The van der Waals surface area contributed by atoms with Crippen molar-refractivity contribution in [2.24, 2.45) is 0 Å². The van der Waals surface area contributed by atoms with Crippen molar-refractivity contribution in [3.63, 3.8) is 0 Å². The molecule has 0 unspecified atom stereocenters. The normalized spacial score (nSPS) is 10.7. The SMILES string of the molecule is O=C(O)c1ccc(Cc2cnc3ccc(C(=O)NCc4ccccc4)cc3c2O)cc1. The maximum absolute atomic E-state index is 12.6. The van der Waals surface area contributed by atoms with Crippen molar-refractivity contribution in [2.45, 2.75) is 13.0 Å². The number of nitrogens with one attached hydrogen (secondary N) is 1. The van der Waals surface area contributed by atoms with E-state index in [1.165, 1.54) is 12.1 Å². The Bertz CT molecular complexity index is 1250. The predicted octanol–water partition coefficient (Wildman–Crippen LogP) is 4.16. The van der Waals surface area contributed by atoms with E-state index in [2.05, 4.69) is 10.3 Å². The van der Waals surface area contributed by atoms with E-state index in [4.69, 9.17) is 5.11 Å². The third kappa shape index (κ3) is 4.53. The van der Waals surface area contributed by atoms with Crippen LogP contribution in [0.4, 0.5) is 0 Å². The van der Waals surface area contributed by atoms with Gasteiger partial charge in [-0.05, 0) is 41.5 Å². The van der Waals surface area contributed by atoms with E-state index in [1.54, 1.807) is 36.5 Å². The van der Waals surface area contributed by atoms with E-state index in [9.17, 15) is 14.7 Å². The molecule has 0 aliphatic carbocycles. The summed E-state index contributed by atoms with van der Waals surface area (Å²) < 4.78 is 0. The fourth-order valence-corrected chi connectivity index (χ4v) is 3.36. The molecule has 31 heavy (non-hydrogen) atoms. The number of carbonyl (C=O) groups excluding carboxylic acids is 1. The topological polar surface area (TPSA) is 99.5 Å². The summed E-state index contributed by atoms with van der Waals surface area (Å²) in [6, 6.07) is 21.1. The number of aromatic hydroxyl groups is 1. The van der Waals surface area contributed by atoms with E-state index >= 15 is 0 Å². The van der Waals surface area contributed by atoms with Gasteiger partial charge < -0.3 is 15.5 Å². The number of hydrogen-bond acceptors (Lipinski definition) is 4. The second-order valence-electron chi connectivity index (χ2n) is 7.21. The third-order valence-electron chi connectivity index (χ3n) is 5.07. The fourth-order valence-electron chi connectivity index (χ4n) is 3.36. The smallest absolute Gasteiger partial charge is 0.335 e. The van der Waals surface area contributed by atoms with Crippen LogP contribution in [0.25, 0.3) is 10.9 Å². The van der Waals surface area contributed by atoms with Crippen molar-refractivity contribution in [1.82, 2.24) is 10.3 Å². The molecule has 6 heteroatoms. The number of carboxylic acid groups (broad SMARTS) is 1. The number of pyridine rings is 1. The van der Waals surface area contributed by atoms with Crippen LogP contribution in [0, 0.1) is 0 Å². The highest BCUT2D eigenvalue weighted by Crippen LogP contribution is 2.29. The number of carbonyl (C=O) groups is 2. The highest BCUT2D eigenvalue weighted by molar-refractivity contribution is 5.99. The molecule has 0 fully saturated rings. The minimum Gasteiger partial charge on any atom is -0.507 e. The van der Waals surface area contributed by atoms with E-state index in [1.807, 2.05) is 30.3 Å². The van der Waals surface area contributed by atoms with Gasteiger partial charge in [-0.2, -0.15) is 0 Å². The van der Waals surface area contributed by atoms with Crippen molar-refractivity contribution in [2.75, 3.05) is 0 Å². The predicted molar refractivity (Wildman–Crippen MR) is 117 cm³/mol. The first-order chi connectivity index (χ1) is 15.0. The Morgan fingerprint density at radius 1 is 0.871 bits per heavy atom. The van der Waals surface area contributed by atoms with Gasteiger partial charge in [0.1, 0.15) is 5.75 Å². The van der Waals surface area contributed by atoms with Gasteiger partial charge in [0.2, 0.25) is 0 Å². The first-order valence-electron chi connectivity index (χ1n) is 9.76. The minimum atomic E-state index is -0.986. The number of carboxylic acids is 1. The highest BCUT2D eigenvalue weighted by Gasteiger charge is 2.13. The maximum atomic E-state index is 12.6. The number of amides is 1. The largest absolute Gasteiger partial charge is 0.507 e. The zero-order valence-corrected chi connectivity index (χ0v) is 16.6. The fraction of sp³-hybridized carbons (Fsp3) is 0.0800. The number of nitrogens with zero attached hydrogens (tertiary/aromatic N) is 1. The molecule has 3 N–H and O–H groups in total. The third-order valence-corrected chi connectivity index (χ3v) is 5.07. The highest BCUT2D eigenvalue weighted by atomic mass is 16.4. The van der Waals surface area contributed by atoms with Crippen LogP contribution in [0.1, 0.15) is 37.4 Å². The number of fused-ring (bicyclic) bond motifs is 1. The number of aromatic nitrogens is 1. The van der Waals surface area contributed by atoms with E-state index < -0.39 is 5.97 Å². The molecule has 0 atom stereocenters. The van der Waals surface area contributed by atoms with Crippen molar-refractivity contribution in [1.29, 1.82) is 0 Å². The molecule has 0 aliphatic heterocycles. The summed E-state index contributed by atoms with van der Waals surface area (Å²) in [6.45, 7) is 0.411. The molecule has 0 aliphatic rings. The molecule has 3 aromatic carbocycles. The molecular weight excluding hydrogens is 392 g/mol. The Labute approximate surface area is 178 Å². The van der Waals surface area contributed by atoms with E-state index in [0.717, 1.165) is 11.1 Å². The summed E-state index contributed by atoms with van der Waals surface area (Å²) in [7, 11) is 0. The molecule has 1 aromatic heterocycles. The van der Waals surface area contributed by atoms with Crippen molar-refractivity contribution in [3.05, 3.63) is 107 Å². The lowest BCUT2D eigenvalue weighted by Crippen LogP contribution is -2.22. The summed E-state index contributed by atoms with van der Waals surface area (Å²) >= 11 is 0. The van der Waals surface area contributed by atoms with Crippen molar-refractivity contribution in [3.8, 4) is 5.75 Å². The molecule has 154 valence electrons. The first-order valence-corrected chi connectivity index (χ1v) is 9.76. The number of aromatic carboxylic acids is 1. The summed E-state index contributed by atoms with van der Waals surface area (Å²) in [5.41, 5.74) is 3.66. The zero-order chi connectivity index (χ0) is 21.8. The van der Waals surface area contributed by atoms with Crippen LogP contribution < -0.4 is 5.32 Å². The van der Waals surface area contributed by atoms with Gasteiger partial charge in [0.15, 0.2) is 0 Å². The molecular formula is C25H20N2O4. The summed E-state index contributed by atoms with van der Waals surface area (Å²) in [4.78, 5) is 28.0. The molecule has 0 spiro atoms. The Morgan fingerprint density at radius 3 is 2.29 bits per heavy atom. The second kappa shape index (κ2) is 8.67. The van der Waals surface area contributed by atoms with Gasteiger partial charge in [0.05, 0.1) is 11.1 Å². The van der Waals surface area contributed by atoms with Gasteiger partial charge in [0.25, 0.3) is 5.91 Å². The molecule has 4 rings (SSSR count). The van der Waals surface area contributed by atoms with Crippen LogP contribution in [-0.4, -0.2) is 27.1 Å². The second-order valence-corrected chi connectivity index (χ2v) is 7.21. The Hall–Kier alpha value is -4.19. The molecule has 1 heterocycles. The quantitative estimate of drug-likeness (QED) is 0.442. The average molecular weight is 412 g/mol. The number of benzene rings is 3. The van der Waals surface area contributed by atoms with E-state index in [-0.39, 0.29) is 17.2 Å². The molecule has 0 saturated carbocycles. The van der Waals surface area contributed by atoms with Gasteiger partial charge in [-0.25, -0.2) is 4.79 Å². The monoisotopic (exact) mass is 412 g/mol. The average Bonchev–Trinajstić information content (AvgIpc) is 2.80. The lowest BCUT2D eigenvalue weighted by molar-refractivity contribution is 0.0696. The van der Waals surface area contributed by atoms with Gasteiger partial charge in [-0.1, -0.05) is 42.5 Å². The summed E-state index contributed by atoms with van der Waals surface area (Å²) in [5, 5.41) is 23.2. The number of hydrogen-bond donors (Lipinski definition) is 3.